The molecule has 3 nitrogen and oxygen atoms in total. The molecule has 1 heterocycles. The summed E-state index contributed by atoms with van der Waals surface area (Å²) in [6, 6.07) is 10.1. The quantitative estimate of drug-likeness (QED) is 0.714. The third kappa shape index (κ3) is 3.09. The molecule has 108 valence electrons. The fourth-order valence-electron chi connectivity index (χ4n) is 1.92. The van der Waals surface area contributed by atoms with Crippen molar-refractivity contribution in [2.75, 3.05) is 11.9 Å². The molecule has 0 aliphatic heterocycles. The van der Waals surface area contributed by atoms with E-state index in [1.807, 2.05) is 25.1 Å². The van der Waals surface area contributed by atoms with Crippen LogP contribution in [0.5, 0.6) is 5.75 Å². The van der Waals surface area contributed by atoms with Crippen LogP contribution in [-0.4, -0.2) is 11.6 Å². The van der Waals surface area contributed by atoms with Crippen LogP contribution in [0.3, 0.4) is 0 Å². The summed E-state index contributed by atoms with van der Waals surface area (Å²) in [5.74, 6) is 0.433. The number of benzene rings is 2. The molecule has 0 unspecified atom stereocenters. The molecule has 0 fully saturated rings. The number of rotatable bonds is 4. The second-order valence-corrected chi connectivity index (χ2v) is 5.80. The molecule has 0 aliphatic carbocycles. The highest BCUT2D eigenvalue weighted by Gasteiger charge is 2.08. The Bertz CT molecular complexity index is 790. The predicted molar refractivity (Wildman–Crippen MR) is 85.5 cm³/mol. The maximum atomic E-state index is 13.7. The Labute approximate surface area is 130 Å². The average molecular weight is 323 g/mol. The third-order valence-electron chi connectivity index (χ3n) is 2.84. The lowest BCUT2D eigenvalue weighted by atomic mass is 10.3. The van der Waals surface area contributed by atoms with E-state index >= 15 is 0 Å². The Hall–Kier alpha value is -1.85. The second kappa shape index (κ2) is 5.87. The minimum Gasteiger partial charge on any atom is -0.494 e. The van der Waals surface area contributed by atoms with Crippen LogP contribution in [0.1, 0.15) is 6.92 Å². The molecule has 0 saturated carbocycles. The summed E-state index contributed by atoms with van der Waals surface area (Å²) in [5, 5.41) is 4.04. The van der Waals surface area contributed by atoms with Gasteiger partial charge in [0.1, 0.15) is 11.6 Å². The number of anilines is 2. The Morgan fingerprint density at radius 3 is 2.95 bits per heavy atom. The molecule has 0 spiro atoms. The largest absolute Gasteiger partial charge is 0.494 e. The maximum Gasteiger partial charge on any atom is 0.188 e. The van der Waals surface area contributed by atoms with Crippen molar-refractivity contribution < 1.29 is 9.13 Å². The van der Waals surface area contributed by atoms with Gasteiger partial charge in [-0.25, -0.2) is 9.37 Å². The van der Waals surface area contributed by atoms with Crippen LogP contribution in [0, 0.1) is 5.82 Å². The summed E-state index contributed by atoms with van der Waals surface area (Å²) in [4.78, 5) is 4.42. The number of halogens is 2. The summed E-state index contributed by atoms with van der Waals surface area (Å²) in [6.07, 6.45) is 0. The van der Waals surface area contributed by atoms with Crippen LogP contribution in [0.15, 0.2) is 36.4 Å². The molecular formula is C15H12ClFN2OS. The zero-order valence-corrected chi connectivity index (χ0v) is 12.8. The lowest BCUT2D eigenvalue weighted by molar-refractivity contribution is 0.341. The highest BCUT2D eigenvalue weighted by atomic mass is 35.5. The second-order valence-electron chi connectivity index (χ2n) is 4.33. The Balaban J connectivity index is 1.92. The van der Waals surface area contributed by atoms with E-state index in [-0.39, 0.29) is 5.82 Å². The lowest BCUT2D eigenvalue weighted by Gasteiger charge is -2.03. The molecule has 21 heavy (non-hydrogen) atoms. The van der Waals surface area contributed by atoms with Gasteiger partial charge in [-0.15, -0.1) is 0 Å². The molecular weight excluding hydrogens is 311 g/mol. The van der Waals surface area contributed by atoms with Crippen LogP contribution < -0.4 is 10.1 Å². The van der Waals surface area contributed by atoms with Crippen molar-refractivity contribution in [1.29, 1.82) is 0 Å². The topological polar surface area (TPSA) is 34.1 Å². The van der Waals surface area contributed by atoms with Crippen molar-refractivity contribution in [3.63, 3.8) is 0 Å². The first-order valence-corrected chi connectivity index (χ1v) is 7.60. The van der Waals surface area contributed by atoms with Crippen LogP contribution in [0.4, 0.5) is 15.2 Å². The van der Waals surface area contributed by atoms with Crippen molar-refractivity contribution in [3.05, 3.63) is 47.2 Å². The summed E-state index contributed by atoms with van der Waals surface area (Å²) >= 11 is 7.31. The molecule has 3 aromatic rings. The van der Waals surface area contributed by atoms with E-state index < -0.39 is 0 Å². The number of hydrogen-bond acceptors (Lipinski definition) is 4. The number of aromatic nitrogens is 1. The van der Waals surface area contributed by atoms with Crippen LogP contribution >= 0.6 is 22.9 Å². The number of fused-ring (bicyclic) bond motifs is 1. The molecule has 0 bridgehead atoms. The summed E-state index contributed by atoms with van der Waals surface area (Å²) in [6.45, 7) is 2.55. The van der Waals surface area contributed by atoms with Crippen molar-refractivity contribution in [2.24, 2.45) is 0 Å². The van der Waals surface area contributed by atoms with E-state index in [9.17, 15) is 4.39 Å². The minimum absolute atomic E-state index is 0.312. The number of hydrogen-bond donors (Lipinski definition) is 1. The molecule has 0 aliphatic rings. The molecule has 2 aromatic carbocycles. The molecule has 0 radical (unpaired) electrons. The molecule has 1 aromatic heterocycles. The first kappa shape index (κ1) is 14.1. The van der Waals surface area contributed by atoms with Gasteiger partial charge in [0.15, 0.2) is 5.13 Å². The van der Waals surface area contributed by atoms with Gasteiger partial charge < -0.3 is 10.1 Å². The van der Waals surface area contributed by atoms with E-state index in [0.29, 0.717) is 22.4 Å². The highest BCUT2D eigenvalue weighted by molar-refractivity contribution is 7.22. The fourth-order valence-corrected chi connectivity index (χ4v) is 3.00. The average Bonchev–Trinajstić information content (AvgIpc) is 2.85. The van der Waals surface area contributed by atoms with Crippen LogP contribution in [0.25, 0.3) is 10.2 Å². The third-order valence-corrected chi connectivity index (χ3v) is 4.01. The Morgan fingerprint density at radius 2 is 2.14 bits per heavy atom. The summed E-state index contributed by atoms with van der Waals surface area (Å²) in [7, 11) is 0. The molecule has 0 saturated heterocycles. The van der Waals surface area contributed by atoms with Gasteiger partial charge in [-0.2, -0.15) is 0 Å². The van der Waals surface area contributed by atoms with E-state index in [2.05, 4.69) is 10.3 Å². The van der Waals surface area contributed by atoms with E-state index in [0.717, 1.165) is 16.0 Å². The highest BCUT2D eigenvalue weighted by Crippen LogP contribution is 2.32. The molecule has 1 N–H and O–H groups in total. The van der Waals surface area contributed by atoms with Gasteiger partial charge in [0.25, 0.3) is 0 Å². The summed E-state index contributed by atoms with van der Waals surface area (Å²) < 4.78 is 20.1. The van der Waals surface area contributed by atoms with Crippen molar-refractivity contribution in [2.45, 2.75) is 6.92 Å². The van der Waals surface area contributed by atoms with E-state index in [1.54, 1.807) is 0 Å². The maximum absolute atomic E-state index is 13.7. The van der Waals surface area contributed by atoms with Gasteiger partial charge in [0.2, 0.25) is 0 Å². The van der Waals surface area contributed by atoms with E-state index in [4.69, 9.17) is 16.3 Å². The van der Waals surface area contributed by atoms with Gasteiger partial charge in [-0.3, -0.25) is 0 Å². The normalized spacial score (nSPS) is 10.8. The minimum atomic E-state index is -0.367. The van der Waals surface area contributed by atoms with Gasteiger partial charge >= 0.3 is 0 Å². The lowest BCUT2D eigenvalue weighted by Crippen LogP contribution is -1.92. The van der Waals surface area contributed by atoms with Crippen molar-refractivity contribution >= 4 is 44.0 Å². The van der Waals surface area contributed by atoms with Gasteiger partial charge in [0.05, 0.1) is 22.5 Å². The number of nitrogens with one attached hydrogen (secondary N) is 1. The summed E-state index contributed by atoms with van der Waals surface area (Å²) in [5.41, 5.74) is 1.15. The van der Waals surface area contributed by atoms with Gasteiger partial charge in [-0.1, -0.05) is 22.9 Å². The Morgan fingerprint density at radius 1 is 1.29 bits per heavy atom. The van der Waals surface area contributed by atoms with Gasteiger partial charge in [-0.05, 0) is 43.3 Å². The first-order chi connectivity index (χ1) is 10.2. The number of ether oxygens (including phenoxy) is 1. The zero-order valence-electron chi connectivity index (χ0n) is 11.2. The molecule has 0 atom stereocenters. The van der Waals surface area contributed by atoms with Crippen molar-refractivity contribution in [3.8, 4) is 5.75 Å². The zero-order chi connectivity index (χ0) is 14.8. The SMILES string of the molecule is CCOc1ccc2nc(Nc3cc(Cl)ccc3F)sc2c1. The first-order valence-electron chi connectivity index (χ1n) is 6.41. The fraction of sp³-hybridized carbons (Fsp3) is 0.133. The number of nitrogens with zero attached hydrogens (tertiary/aromatic N) is 1. The molecule has 3 rings (SSSR count). The van der Waals surface area contributed by atoms with Crippen molar-refractivity contribution in [1.82, 2.24) is 4.98 Å². The monoisotopic (exact) mass is 322 g/mol. The Kier molecular flexibility index (Phi) is 3.94. The van der Waals surface area contributed by atoms with Crippen LogP contribution in [0.2, 0.25) is 5.02 Å². The van der Waals surface area contributed by atoms with E-state index in [1.165, 1.54) is 29.5 Å². The van der Waals surface area contributed by atoms with Crippen LogP contribution in [-0.2, 0) is 0 Å². The standard InChI is InChI=1S/C15H12ClFN2OS/c1-2-20-10-4-6-12-14(8-10)21-15(18-12)19-13-7-9(16)3-5-11(13)17/h3-8H,2H2,1H3,(H,18,19). The predicted octanol–water partition coefficient (Wildman–Crippen LogP) is 5.23. The molecule has 6 heteroatoms. The smallest absolute Gasteiger partial charge is 0.188 e. The number of thiazole rings is 1. The van der Waals surface area contributed by atoms with Gasteiger partial charge in [0, 0.05) is 5.02 Å². The molecule has 0 amide bonds.